The fourth-order valence-corrected chi connectivity index (χ4v) is 4.28. The topological polar surface area (TPSA) is 91.9 Å². The number of fused-ring (bicyclic) bond motifs is 1. The monoisotopic (exact) mass is 356 g/mol. The molecule has 1 fully saturated rings. The second-order valence-electron chi connectivity index (χ2n) is 7.18. The molecule has 0 unspecified atom stereocenters. The van der Waals surface area contributed by atoms with Crippen LogP contribution < -0.4 is 0 Å². The van der Waals surface area contributed by atoms with E-state index in [0.717, 1.165) is 22.3 Å². The molecule has 0 bridgehead atoms. The first-order chi connectivity index (χ1) is 13.2. The van der Waals surface area contributed by atoms with Crippen LogP contribution >= 0.6 is 0 Å². The molecular formula is C19H16N8. The predicted molar refractivity (Wildman–Crippen MR) is 97.9 cm³/mol. The Morgan fingerprint density at radius 3 is 2.74 bits per heavy atom. The zero-order valence-corrected chi connectivity index (χ0v) is 14.6. The third kappa shape index (κ3) is 2.61. The summed E-state index contributed by atoms with van der Waals surface area (Å²) in [5.74, 6) is 0. The minimum Gasteiger partial charge on any atom is -0.346 e. The van der Waals surface area contributed by atoms with Crippen LogP contribution in [0.3, 0.4) is 0 Å². The lowest BCUT2D eigenvalue weighted by molar-refractivity contribution is -0.0112. The highest BCUT2D eigenvalue weighted by molar-refractivity contribution is 5.89. The first kappa shape index (κ1) is 16.8. The minimum atomic E-state index is -0.466. The molecule has 0 aliphatic heterocycles. The van der Waals surface area contributed by atoms with Gasteiger partial charge in [-0.05, 0) is 18.9 Å². The number of hydrogen-bond donors (Lipinski definition) is 1. The quantitative estimate of drug-likeness (QED) is 0.711. The largest absolute Gasteiger partial charge is 0.346 e. The van der Waals surface area contributed by atoms with E-state index >= 15 is 0 Å². The van der Waals surface area contributed by atoms with Gasteiger partial charge in [-0.2, -0.15) is 10.4 Å². The molecule has 1 aliphatic rings. The standard InChI is InChI=1S/C19H16N8/c1-21-11-18(12-22-2)9-19(10-18,4-5-20)27-8-14(7-26-27)16-15-3-6-23-17(15)25-13-24-16/h3,6-8,13H,4,9-12H2,(H,23,24,25). The van der Waals surface area contributed by atoms with Crippen molar-refractivity contribution in [1.29, 1.82) is 5.26 Å². The van der Waals surface area contributed by atoms with Crippen molar-refractivity contribution in [1.82, 2.24) is 24.7 Å². The van der Waals surface area contributed by atoms with Crippen molar-refractivity contribution in [3.05, 3.63) is 53.8 Å². The molecule has 4 rings (SSSR count). The van der Waals surface area contributed by atoms with Gasteiger partial charge < -0.3 is 14.7 Å². The van der Waals surface area contributed by atoms with Crippen LogP contribution in [0.4, 0.5) is 0 Å². The maximum atomic E-state index is 9.36. The average molecular weight is 356 g/mol. The molecule has 0 aromatic carbocycles. The Labute approximate surface area is 156 Å². The number of rotatable bonds is 5. The highest BCUT2D eigenvalue weighted by Gasteiger charge is 2.60. The number of aromatic nitrogens is 5. The summed E-state index contributed by atoms with van der Waals surface area (Å²) in [7, 11) is 0. The highest BCUT2D eigenvalue weighted by atomic mass is 15.3. The lowest BCUT2D eigenvalue weighted by Crippen LogP contribution is -2.56. The number of nitrogens with zero attached hydrogens (tertiary/aromatic N) is 7. The molecule has 3 aromatic heterocycles. The van der Waals surface area contributed by atoms with Crippen molar-refractivity contribution < 1.29 is 0 Å². The Morgan fingerprint density at radius 1 is 1.26 bits per heavy atom. The van der Waals surface area contributed by atoms with Crippen molar-refractivity contribution in [3.8, 4) is 17.3 Å². The van der Waals surface area contributed by atoms with Gasteiger partial charge in [0.25, 0.3) is 0 Å². The molecule has 0 radical (unpaired) electrons. The summed E-state index contributed by atoms with van der Waals surface area (Å²) in [6, 6.07) is 4.18. The Bertz CT molecular complexity index is 1090. The van der Waals surface area contributed by atoms with E-state index in [9.17, 15) is 5.26 Å². The summed E-state index contributed by atoms with van der Waals surface area (Å²) in [5, 5.41) is 14.8. The van der Waals surface area contributed by atoms with Crippen molar-refractivity contribution in [2.75, 3.05) is 13.1 Å². The fraction of sp³-hybridized carbons (Fsp3) is 0.368. The van der Waals surface area contributed by atoms with Crippen LogP contribution in [0.1, 0.15) is 19.3 Å². The van der Waals surface area contributed by atoms with Crippen molar-refractivity contribution in [3.63, 3.8) is 0 Å². The van der Waals surface area contributed by atoms with E-state index in [1.807, 2.05) is 23.1 Å². The zero-order valence-electron chi connectivity index (χ0n) is 14.6. The first-order valence-electron chi connectivity index (χ1n) is 8.52. The van der Waals surface area contributed by atoms with Gasteiger partial charge in [0.05, 0.1) is 29.9 Å². The number of aromatic amines is 1. The lowest BCUT2D eigenvalue weighted by atomic mass is 9.56. The van der Waals surface area contributed by atoms with Crippen LogP contribution in [-0.2, 0) is 5.54 Å². The summed E-state index contributed by atoms with van der Waals surface area (Å²) < 4.78 is 1.83. The molecule has 1 saturated carbocycles. The number of hydrogen-bond acceptors (Lipinski definition) is 4. The molecular weight excluding hydrogens is 340 g/mol. The second kappa shape index (κ2) is 6.23. The van der Waals surface area contributed by atoms with Crippen LogP contribution in [0.5, 0.6) is 0 Å². The van der Waals surface area contributed by atoms with Gasteiger partial charge >= 0.3 is 0 Å². The third-order valence-electron chi connectivity index (χ3n) is 5.34. The predicted octanol–water partition coefficient (Wildman–Crippen LogP) is 3.05. The van der Waals surface area contributed by atoms with Crippen molar-refractivity contribution in [2.45, 2.75) is 24.8 Å². The van der Waals surface area contributed by atoms with E-state index in [4.69, 9.17) is 13.1 Å². The van der Waals surface area contributed by atoms with Gasteiger partial charge in [0, 0.05) is 23.3 Å². The Morgan fingerprint density at radius 2 is 2.04 bits per heavy atom. The van der Waals surface area contributed by atoms with E-state index in [-0.39, 0.29) is 5.41 Å². The molecule has 3 aromatic rings. The smallest absolute Gasteiger partial charge is 0.227 e. The molecule has 0 amide bonds. The summed E-state index contributed by atoms with van der Waals surface area (Å²) in [4.78, 5) is 18.7. The highest BCUT2D eigenvalue weighted by Crippen LogP contribution is 2.55. The van der Waals surface area contributed by atoms with Crippen molar-refractivity contribution in [2.24, 2.45) is 5.41 Å². The molecule has 8 heteroatoms. The first-order valence-corrected chi connectivity index (χ1v) is 8.52. The Kier molecular flexibility index (Phi) is 3.86. The average Bonchev–Trinajstić information content (AvgIpc) is 3.30. The van der Waals surface area contributed by atoms with Gasteiger partial charge in [-0.3, -0.25) is 4.68 Å². The van der Waals surface area contributed by atoms with Gasteiger partial charge in [-0.1, -0.05) is 0 Å². The molecule has 1 aliphatic carbocycles. The van der Waals surface area contributed by atoms with Crippen molar-refractivity contribution >= 4 is 11.0 Å². The molecule has 132 valence electrons. The fourth-order valence-electron chi connectivity index (χ4n) is 4.28. The molecule has 0 atom stereocenters. The Balaban J connectivity index is 1.69. The molecule has 0 saturated heterocycles. The van der Waals surface area contributed by atoms with Gasteiger partial charge in [0.15, 0.2) is 0 Å². The van der Waals surface area contributed by atoms with Gasteiger partial charge in [0.1, 0.15) is 17.4 Å². The number of H-pyrrole nitrogens is 1. The lowest BCUT2D eigenvalue weighted by Gasteiger charge is -2.50. The van der Waals surface area contributed by atoms with E-state index in [2.05, 4.69) is 35.8 Å². The Hall–Kier alpha value is -3.70. The zero-order chi connectivity index (χ0) is 18.9. The van der Waals surface area contributed by atoms with Crippen LogP contribution in [0.15, 0.2) is 31.0 Å². The molecule has 27 heavy (non-hydrogen) atoms. The summed E-state index contributed by atoms with van der Waals surface area (Å²) in [6.45, 7) is 15.0. The summed E-state index contributed by atoms with van der Waals surface area (Å²) >= 11 is 0. The number of nitrogens with one attached hydrogen (secondary N) is 1. The minimum absolute atomic E-state index is 0.301. The van der Waals surface area contributed by atoms with Gasteiger partial charge in [0.2, 0.25) is 13.1 Å². The maximum absolute atomic E-state index is 9.36. The van der Waals surface area contributed by atoms with Crippen LogP contribution in [0, 0.1) is 29.9 Å². The molecule has 8 nitrogen and oxygen atoms in total. The summed E-state index contributed by atoms with van der Waals surface area (Å²) in [5.41, 5.74) is 1.60. The SMILES string of the molecule is [C-]#[N+]CC1(C[N+]#[C-])CC(CC#N)(n2cc(-c3ncnc4[nH]ccc34)cn2)C1. The maximum Gasteiger partial charge on any atom is 0.227 e. The molecule has 0 spiro atoms. The molecule has 1 N–H and O–H groups in total. The van der Waals surface area contributed by atoms with Crippen LogP contribution in [0.2, 0.25) is 0 Å². The number of nitriles is 1. The van der Waals surface area contributed by atoms with E-state index in [1.165, 1.54) is 6.33 Å². The second-order valence-corrected chi connectivity index (χ2v) is 7.18. The van der Waals surface area contributed by atoms with Gasteiger partial charge in [-0.15, -0.1) is 0 Å². The normalized spacial score (nSPS) is 16.8. The van der Waals surface area contributed by atoms with E-state index < -0.39 is 5.54 Å². The van der Waals surface area contributed by atoms with Crippen LogP contribution in [0.25, 0.3) is 32.0 Å². The van der Waals surface area contributed by atoms with Gasteiger partial charge in [-0.25, -0.2) is 23.1 Å². The molecule has 3 heterocycles. The summed E-state index contributed by atoms with van der Waals surface area (Å²) in [6.07, 6.45) is 8.51. The third-order valence-corrected chi connectivity index (χ3v) is 5.34. The van der Waals surface area contributed by atoms with E-state index in [1.54, 1.807) is 6.20 Å². The van der Waals surface area contributed by atoms with E-state index in [0.29, 0.717) is 32.4 Å². The van der Waals surface area contributed by atoms with Crippen LogP contribution in [-0.4, -0.2) is 37.8 Å².